The molecule has 7 heteroatoms. The minimum Gasteiger partial charge on any atom is -0.481 e. The van der Waals surface area contributed by atoms with Crippen molar-refractivity contribution in [2.24, 2.45) is 0 Å². The minimum atomic E-state index is -2.95. The van der Waals surface area contributed by atoms with Crippen molar-refractivity contribution in [3.8, 4) is 0 Å². The van der Waals surface area contributed by atoms with Crippen molar-refractivity contribution in [3.05, 3.63) is 32.2 Å². The number of H-pyrrole nitrogens is 1. The number of hydrogen-bond acceptors (Lipinski definition) is 2. The molecular weight excluding hydrogens is 276 g/mol. The Morgan fingerprint density at radius 3 is 2.67 bits per heavy atom. The van der Waals surface area contributed by atoms with E-state index >= 15 is 0 Å². The van der Waals surface area contributed by atoms with E-state index in [1.54, 1.807) is 0 Å². The summed E-state index contributed by atoms with van der Waals surface area (Å²) < 4.78 is 24.7. The molecule has 4 nitrogen and oxygen atoms in total. The summed E-state index contributed by atoms with van der Waals surface area (Å²) in [4.78, 5) is 24.1. The van der Waals surface area contributed by atoms with Crippen LogP contribution in [0.3, 0.4) is 0 Å². The van der Waals surface area contributed by atoms with Crippen molar-refractivity contribution in [2.45, 2.75) is 12.8 Å². The Hall–Kier alpha value is -1.24. The van der Waals surface area contributed by atoms with E-state index < -0.39 is 29.8 Å². The van der Waals surface area contributed by atoms with Crippen molar-refractivity contribution >= 4 is 21.9 Å². The quantitative estimate of drug-likeness (QED) is 0.829. The van der Waals surface area contributed by atoms with E-state index in [1.165, 1.54) is 0 Å². The highest BCUT2D eigenvalue weighted by Gasteiger charge is 2.19. The summed E-state index contributed by atoms with van der Waals surface area (Å²) in [5.41, 5.74) is -1.88. The number of carbonyl (C=O) groups is 1. The maximum atomic E-state index is 12.4. The van der Waals surface area contributed by atoms with E-state index in [4.69, 9.17) is 5.11 Å². The average molecular weight is 282 g/mol. The summed E-state index contributed by atoms with van der Waals surface area (Å²) in [7, 11) is 0. The molecule has 15 heavy (non-hydrogen) atoms. The van der Waals surface area contributed by atoms with Crippen LogP contribution in [0.4, 0.5) is 8.78 Å². The first kappa shape index (κ1) is 11.8. The molecule has 0 aliphatic heterocycles. The second-order valence-electron chi connectivity index (χ2n) is 2.74. The van der Waals surface area contributed by atoms with Crippen LogP contribution in [0.15, 0.2) is 15.6 Å². The number of aromatic nitrogens is 1. The van der Waals surface area contributed by atoms with E-state index in [0.29, 0.717) is 0 Å². The van der Waals surface area contributed by atoms with Gasteiger partial charge in [-0.15, -0.1) is 0 Å². The van der Waals surface area contributed by atoms with E-state index in [2.05, 4.69) is 20.9 Å². The first-order valence-corrected chi connectivity index (χ1v) is 4.62. The van der Waals surface area contributed by atoms with Gasteiger partial charge in [0.2, 0.25) is 0 Å². The highest BCUT2D eigenvalue weighted by molar-refractivity contribution is 9.10. The lowest BCUT2D eigenvalue weighted by Gasteiger charge is -2.04. The molecule has 0 saturated heterocycles. The van der Waals surface area contributed by atoms with Gasteiger partial charge in [-0.3, -0.25) is 9.59 Å². The van der Waals surface area contributed by atoms with Gasteiger partial charge >= 0.3 is 5.97 Å². The maximum Gasteiger partial charge on any atom is 0.308 e. The second-order valence-corrected chi connectivity index (χ2v) is 3.53. The lowest BCUT2D eigenvalue weighted by molar-refractivity contribution is -0.136. The Kier molecular flexibility index (Phi) is 3.57. The average Bonchev–Trinajstić information content (AvgIpc) is 2.09. The lowest BCUT2D eigenvalue weighted by atomic mass is 10.1. The molecule has 0 radical (unpaired) electrons. The third-order valence-corrected chi connectivity index (χ3v) is 2.36. The van der Waals surface area contributed by atoms with Crippen LogP contribution in [0.2, 0.25) is 0 Å². The van der Waals surface area contributed by atoms with Crippen LogP contribution in [-0.4, -0.2) is 16.1 Å². The first-order chi connectivity index (χ1) is 6.93. The van der Waals surface area contributed by atoms with Crippen molar-refractivity contribution in [1.29, 1.82) is 0 Å². The standard InChI is InChI=1S/C8H6BrF2NO3/c9-7-5(8(10)11)6(15)3(2-12-7)1-4(13)14/h2,8H,1H2,(H,12,15)(H,13,14). The molecule has 0 bridgehead atoms. The summed E-state index contributed by atoms with van der Waals surface area (Å²) in [5.74, 6) is -1.25. The fourth-order valence-electron chi connectivity index (χ4n) is 1.06. The second kappa shape index (κ2) is 4.52. The molecule has 1 aromatic heterocycles. The summed E-state index contributed by atoms with van der Waals surface area (Å²) in [6, 6.07) is 0. The SMILES string of the molecule is O=C(O)Cc1c[nH]c(Br)c(C(F)F)c1=O. The number of carboxylic acids is 1. The molecule has 0 aliphatic carbocycles. The molecule has 1 heterocycles. The monoisotopic (exact) mass is 281 g/mol. The fraction of sp³-hybridized carbons (Fsp3) is 0.250. The molecule has 0 aliphatic rings. The molecule has 1 aromatic rings. The molecule has 0 aromatic carbocycles. The van der Waals surface area contributed by atoms with E-state index in [1.807, 2.05) is 0 Å². The third kappa shape index (κ3) is 2.62. The topological polar surface area (TPSA) is 70.2 Å². The number of rotatable bonds is 3. The van der Waals surface area contributed by atoms with Gasteiger partial charge in [0.05, 0.1) is 16.6 Å². The van der Waals surface area contributed by atoms with Crippen molar-refractivity contribution in [2.75, 3.05) is 0 Å². The summed E-state index contributed by atoms with van der Waals surface area (Å²) in [5, 5.41) is 8.44. The number of aliphatic carboxylic acids is 1. The molecule has 0 saturated carbocycles. The molecule has 1 rings (SSSR count). The van der Waals surface area contributed by atoms with Gasteiger partial charge in [-0.2, -0.15) is 0 Å². The van der Waals surface area contributed by atoms with Crippen molar-refractivity contribution in [3.63, 3.8) is 0 Å². The number of carboxylic acid groups (broad SMARTS) is 1. The van der Waals surface area contributed by atoms with Gasteiger partial charge < -0.3 is 10.1 Å². The number of hydrogen-bond donors (Lipinski definition) is 2. The maximum absolute atomic E-state index is 12.4. The van der Waals surface area contributed by atoms with Crippen molar-refractivity contribution in [1.82, 2.24) is 4.98 Å². The molecule has 0 unspecified atom stereocenters. The lowest BCUT2D eigenvalue weighted by Crippen LogP contribution is -2.19. The largest absolute Gasteiger partial charge is 0.481 e. The summed E-state index contributed by atoms with van der Waals surface area (Å²) in [6.07, 6.45) is -2.42. The first-order valence-electron chi connectivity index (χ1n) is 3.83. The highest BCUT2D eigenvalue weighted by atomic mass is 79.9. The summed E-state index contributed by atoms with van der Waals surface area (Å²) in [6.45, 7) is 0. The molecule has 0 amide bonds. The van der Waals surface area contributed by atoms with Crippen LogP contribution in [-0.2, 0) is 11.2 Å². The minimum absolute atomic E-state index is 0.128. The van der Waals surface area contributed by atoms with Crippen LogP contribution in [0.5, 0.6) is 0 Å². The van der Waals surface area contributed by atoms with E-state index in [-0.39, 0.29) is 10.2 Å². The van der Waals surface area contributed by atoms with E-state index in [0.717, 1.165) is 6.20 Å². The number of nitrogens with one attached hydrogen (secondary N) is 1. The number of pyridine rings is 1. The molecule has 2 N–H and O–H groups in total. The Morgan fingerprint density at radius 1 is 1.60 bits per heavy atom. The molecular formula is C8H6BrF2NO3. The smallest absolute Gasteiger partial charge is 0.308 e. The molecule has 82 valence electrons. The Bertz CT molecular complexity index is 444. The molecule has 0 spiro atoms. The fourth-order valence-corrected chi connectivity index (χ4v) is 1.52. The van der Waals surface area contributed by atoms with Gasteiger partial charge in [0.25, 0.3) is 6.43 Å². The van der Waals surface area contributed by atoms with Crippen molar-refractivity contribution < 1.29 is 18.7 Å². The molecule has 0 fully saturated rings. The Morgan fingerprint density at radius 2 is 2.20 bits per heavy atom. The zero-order chi connectivity index (χ0) is 11.6. The highest BCUT2D eigenvalue weighted by Crippen LogP contribution is 2.22. The van der Waals surface area contributed by atoms with Gasteiger partial charge in [0.15, 0.2) is 5.43 Å². The van der Waals surface area contributed by atoms with Gasteiger partial charge in [-0.1, -0.05) is 0 Å². The van der Waals surface area contributed by atoms with Gasteiger partial charge in [0, 0.05) is 11.8 Å². The predicted octanol–water partition coefficient (Wildman–Crippen LogP) is 1.70. The Labute approximate surface area is 91.1 Å². The summed E-state index contributed by atoms with van der Waals surface area (Å²) >= 11 is 2.77. The Balaban J connectivity index is 3.29. The van der Waals surface area contributed by atoms with Gasteiger partial charge in [-0.05, 0) is 15.9 Å². The van der Waals surface area contributed by atoms with Crippen LogP contribution in [0.25, 0.3) is 0 Å². The number of halogens is 3. The van der Waals surface area contributed by atoms with Crippen LogP contribution < -0.4 is 5.43 Å². The van der Waals surface area contributed by atoms with Crippen LogP contribution in [0, 0.1) is 0 Å². The number of alkyl halides is 2. The van der Waals surface area contributed by atoms with E-state index in [9.17, 15) is 18.4 Å². The van der Waals surface area contributed by atoms with Crippen LogP contribution >= 0.6 is 15.9 Å². The van der Waals surface area contributed by atoms with Gasteiger partial charge in [-0.25, -0.2) is 8.78 Å². The zero-order valence-corrected chi connectivity index (χ0v) is 8.85. The normalized spacial score (nSPS) is 10.7. The zero-order valence-electron chi connectivity index (χ0n) is 7.26. The number of aromatic amines is 1. The van der Waals surface area contributed by atoms with Crippen LogP contribution in [0.1, 0.15) is 17.6 Å². The molecule has 0 atom stereocenters. The van der Waals surface area contributed by atoms with Gasteiger partial charge in [0.1, 0.15) is 0 Å². The third-order valence-electron chi connectivity index (χ3n) is 1.71. The predicted molar refractivity (Wildman–Crippen MR) is 51.1 cm³/mol.